The maximum atomic E-state index is 14.4. The predicted octanol–water partition coefficient (Wildman–Crippen LogP) is 7.63. The van der Waals surface area contributed by atoms with Crippen LogP contribution >= 0.6 is 22.6 Å². The highest BCUT2D eigenvalue weighted by atomic mass is 127. The number of hydrogen-bond acceptors (Lipinski definition) is 1. The first-order valence-electron chi connectivity index (χ1n) is 11.8. The summed E-state index contributed by atoms with van der Waals surface area (Å²) in [5.41, 5.74) is 9.87. The molecule has 0 heterocycles. The van der Waals surface area contributed by atoms with E-state index >= 15 is 0 Å². The molecule has 2 aliphatic carbocycles. The van der Waals surface area contributed by atoms with Crippen molar-refractivity contribution in [2.45, 2.75) is 38.4 Å². The van der Waals surface area contributed by atoms with Gasteiger partial charge in [-0.15, -0.1) is 0 Å². The third-order valence-corrected chi connectivity index (χ3v) is 8.72. The molecule has 0 amide bonds. The van der Waals surface area contributed by atoms with E-state index in [2.05, 4.69) is 80.3 Å². The second-order valence-corrected chi connectivity index (χ2v) is 10.3. The van der Waals surface area contributed by atoms with Crippen molar-refractivity contribution >= 4 is 63.6 Å². The maximum Gasteiger partial charge on any atom is 0.155 e. The summed E-state index contributed by atoms with van der Waals surface area (Å²) in [7, 11) is 0.801. The van der Waals surface area contributed by atoms with Crippen LogP contribution in [0.5, 0.6) is 5.75 Å². The van der Waals surface area contributed by atoms with Crippen molar-refractivity contribution in [3.63, 3.8) is 0 Å². The number of allylic oxidation sites excluding steroid dienone is 3. The molecule has 1 nitrogen and oxygen atoms in total. The van der Waals surface area contributed by atoms with Crippen LogP contribution in [-0.2, 0) is 6.42 Å². The van der Waals surface area contributed by atoms with E-state index in [9.17, 15) is 9.50 Å². The first-order chi connectivity index (χ1) is 16.4. The zero-order chi connectivity index (χ0) is 24.3. The summed E-state index contributed by atoms with van der Waals surface area (Å²) in [4.78, 5) is 0. The monoisotopic (exact) mass is 560 g/mol. The fourth-order valence-corrected chi connectivity index (χ4v) is 7.07. The number of aromatic hydroxyl groups is 1. The molecule has 0 spiro atoms. The molecule has 4 heteroatoms. The van der Waals surface area contributed by atoms with Gasteiger partial charge in [-0.1, -0.05) is 63.2 Å². The highest BCUT2D eigenvalue weighted by Crippen LogP contribution is 2.56. The van der Waals surface area contributed by atoms with Crippen LogP contribution in [0.25, 0.3) is 28.2 Å². The zero-order valence-electron chi connectivity index (χ0n) is 19.6. The van der Waals surface area contributed by atoms with Gasteiger partial charge in [0.05, 0.1) is 0 Å². The van der Waals surface area contributed by atoms with Gasteiger partial charge in [-0.25, -0.2) is 4.39 Å². The SMILES string of the molecule is C=CC1=C2C(Cc3c(I)cccc31)c1cc3c(O)c(C=C)c(C(=C)F)cc3c(BC)c1C2CC. The molecule has 170 valence electrons. The Morgan fingerprint density at radius 1 is 1.24 bits per heavy atom. The van der Waals surface area contributed by atoms with Gasteiger partial charge in [0.2, 0.25) is 0 Å². The third-order valence-electron chi connectivity index (χ3n) is 7.71. The molecule has 34 heavy (non-hydrogen) atoms. The van der Waals surface area contributed by atoms with Crippen molar-refractivity contribution < 1.29 is 9.50 Å². The molecule has 2 atom stereocenters. The van der Waals surface area contributed by atoms with Gasteiger partial charge >= 0.3 is 0 Å². The summed E-state index contributed by atoms with van der Waals surface area (Å²) in [5, 5.41) is 12.9. The Bertz CT molecular complexity index is 1450. The van der Waals surface area contributed by atoms with Crippen molar-refractivity contribution in [3.8, 4) is 5.75 Å². The molecule has 0 bridgehead atoms. The number of rotatable bonds is 5. The number of phenolic OH excluding ortho intramolecular Hbond substituents is 1. The summed E-state index contributed by atoms with van der Waals surface area (Å²) in [6, 6.07) is 10.5. The second kappa shape index (κ2) is 8.56. The maximum absolute atomic E-state index is 14.4. The number of benzene rings is 3. The Morgan fingerprint density at radius 3 is 2.62 bits per heavy atom. The first-order valence-corrected chi connectivity index (χ1v) is 12.9. The van der Waals surface area contributed by atoms with E-state index in [0.29, 0.717) is 11.1 Å². The summed E-state index contributed by atoms with van der Waals surface area (Å²) >= 11 is 2.44. The minimum absolute atomic E-state index is 0.0824. The predicted molar refractivity (Wildman–Crippen MR) is 154 cm³/mol. The quantitative estimate of drug-likeness (QED) is 0.252. The Balaban J connectivity index is 1.91. The number of fused-ring (bicyclic) bond motifs is 5. The van der Waals surface area contributed by atoms with Gasteiger partial charge in [-0.3, -0.25) is 0 Å². The first kappa shape index (κ1) is 23.2. The Morgan fingerprint density at radius 2 is 2.00 bits per heavy atom. The Kier molecular flexibility index (Phi) is 5.83. The summed E-state index contributed by atoms with van der Waals surface area (Å²) in [6.07, 6.45) is 5.46. The van der Waals surface area contributed by atoms with Gasteiger partial charge < -0.3 is 5.11 Å². The van der Waals surface area contributed by atoms with Gasteiger partial charge in [-0.2, -0.15) is 0 Å². The average molecular weight is 560 g/mol. The van der Waals surface area contributed by atoms with Crippen LogP contribution in [0.4, 0.5) is 4.39 Å². The Hall–Kier alpha value is -2.60. The smallest absolute Gasteiger partial charge is 0.155 e. The number of hydrogen-bond donors (Lipinski definition) is 1. The molecule has 0 saturated carbocycles. The standard InChI is InChI=1S/C30H27BFIO/c1-6-16-19-10-9-11-26(33)21(19)13-22-23-14-25-24(12-20(15(4)32)17(7-2)30(25)34)29(31-5)28(23)18(8-3)27(16)22/h6-7,9-12,14,18,22,31,34H,1-2,4,8,13H2,3,5H3. The zero-order valence-corrected chi connectivity index (χ0v) is 21.8. The molecular weight excluding hydrogens is 533 g/mol. The highest BCUT2D eigenvalue weighted by Gasteiger charge is 2.41. The van der Waals surface area contributed by atoms with E-state index in [4.69, 9.17) is 0 Å². The van der Waals surface area contributed by atoms with Crippen LogP contribution in [0.1, 0.15) is 58.6 Å². The van der Waals surface area contributed by atoms with Crippen LogP contribution < -0.4 is 5.46 Å². The fraction of sp³-hybridized carbons (Fsp3) is 0.200. The van der Waals surface area contributed by atoms with E-state index in [1.54, 1.807) is 0 Å². The van der Waals surface area contributed by atoms with E-state index in [1.807, 2.05) is 12.1 Å². The van der Waals surface area contributed by atoms with Gasteiger partial charge in [0.1, 0.15) is 11.6 Å². The van der Waals surface area contributed by atoms with Crippen molar-refractivity contribution in [1.82, 2.24) is 0 Å². The van der Waals surface area contributed by atoms with Gasteiger partial charge in [-0.05, 0) is 92.4 Å². The number of phenols is 1. The average Bonchev–Trinajstić information content (AvgIpc) is 3.14. The van der Waals surface area contributed by atoms with Crippen LogP contribution in [0.2, 0.25) is 6.82 Å². The lowest BCUT2D eigenvalue weighted by Crippen LogP contribution is -2.20. The van der Waals surface area contributed by atoms with Crippen molar-refractivity contribution in [1.29, 1.82) is 0 Å². The lowest BCUT2D eigenvalue weighted by Gasteiger charge is -2.28. The molecule has 0 aliphatic heterocycles. The summed E-state index contributed by atoms with van der Waals surface area (Å²) < 4.78 is 15.7. The largest absolute Gasteiger partial charge is 0.507 e. The molecule has 2 aliphatic rings. The van der Waals surface area contributed by atoms with Crippen molar-refractivity contribution in [2.24, 2.45) is 0 Å². The molecule has 3 aromatic carbocycles. The topological polar surface area (TPSA) is 20.2 Å². The number of halogens is 2. The molecule has 0 radical (unpaired) electrons. The summed E-state index contributed by atoms with van der Waals surface area (Å²) in [5.74, 6) is 0.0427. The second-order valence-electron chi connectivity index (χ2n) is 9.16. The fourth-order valence-electron chi connectivity index (χ4n) is 6.35. The van der Waals surface area contributed by atoms with Gasteiger partial charge in [0.25, 0.3) is 0 Å². The van der Waals surface area contributed by atoms with Crippen molar-refractivity contribution in [2.75, 3.05) is 0 Å². The highest BCUT2D eigenvalue weighted by molar-refractivity contribution is 14.1. The molecule has 0 fully saturated rings. The molecule has 0 saturated heterocycles. The summed E-state index contributed by atoms with van der Waals surface area (Å²) in [6.45, 7) is 15.9. The van der Waals surface area contributed by atoms with E-state index in [-0.39, 0.29) is 17.6 Å². The molecular formula is C30H27BFIO. The van der Waals surface area contributed by atoms with Crippen LogP contribution in [0.15, 0.2) is 61.7 Å². The molecule has 5 rings (SSSR count). The van der Waals surface area contributed by atoms with Gasteiger partial charge in [0, 0.05) is 31.9 Å². The van der Waals surface area contributed by atoms with E-state index < -0.39 is 5.83 Å². The van der Waals surface area contributed by atoms with E-state index in [1.165, 1.54) is 48.5 Å². The third kappa shape index (κ3) is 3.11. The molecule has 0 aromatic heterocycles. The van der Waals surface area contributed by atoms with E-state index in [0.717, 1.165) is 30.9 Å². The molecule has 3 aromatic rings. The van der Waals surface area contributed by atoms with Crippen LogP contribution in [0.3, 0.4) is 0 Å². The van der Waals surface area contributed by atoms with Gasteiger partial charge in [0.15, 0.2) is 7.28 Å². The van der Waals surface area contributed by atoms with Crippen LogP contribution in [0, 0.1) is 3.57 Å². The van der Waals surface area contributed by atoms with Crippen LogP contribution in [-0.4, -0.2) is 12.4 Å². The lowest BCUT2D eigenvalue weighted by atomic mass is 9.66. The minimum Gasteiger partial charge on any atom is -0.507 e. The molecule has 2 unspecified atom stereocenters. The molecule has 1 N–H and O–H groups in total. The minimum atomic E-state index is -0.558. The normalized spacial score (nSPS) is 18.4. The van der Waals surface area contributed by atoms with Crippen molar-refractivity contribution in [3.05, 3.63) is 98.7 Å². The lowest BCUT2D eigenvalue weighted by molar-refractivity contribution is 0.480. The Labute approximate surface area is 215 Å².